The van der Waals surface area contributed by atoms with Crippen LogP contribution in [-0.4, -0.2) is 36.2 Å². The average Bonchev–Trinajstić information content (AvgIpc) is 2.54. The van der Waals surface area contributed by atoms with E-state index in [1.165, 1.54) is 6.08 Å². The molecule has 0 aliphatic rings. The summed E-state index contributed by atoms with van der Waals surface area (Å²) in [5.41, 5.74) is -0.441. The fraction of sp³-hybridized carbons (Fsp3) is 0.550. The fourth-order valence-corrected chi connectivity index (χ4v) is 1.79. The molecule has 0 aliphatic carbocycles. The summed E-state index contributed by atoms with van der Waals surface area (Å²) in [5, 5.41) is 2.74. The Balaban J connectivity index is 0.00000301. The molecule has 146 valence electrons. The van der Waals surface area contributed by atoms with E-state index in [-0.39, 0.29) is 5.91 Å². The molecular formula is C20H32N2O4. The van der Waals surface area contributed by atoms with Gasteiger partial charge in [0.2, 0.25) is 5.91 Å². The monoisotopic (exact) mass is 364 g/mol. The lowest BCUT2D eigenvalue weighted by atomic mass is 9.93. The van der Waals surface area contributed by atoms with E-state index >= 15 is 0 Å². The van der Waals surface area contributed by atoms with Crippen molar-refractivity contribution in [2.45, 2.75) is 54.1 Å². The van der Waals surface area contributed by atoms with Crippen LogP contribution in [0.5, 0.6) is 0 Å². The standard InChI is InChI=1S/C18H26N2O4.C2H6/c1-17(2,3)24-15(21)10-8-13-7-9-14(19-11-13)20-16(22)18(4,5)12-23-6;1-2/h7-11H,12H2,1-6H3,(H,19,20,22);1-2H3/b10-8+;. The maximum absolute atomic E-state index is 12.2. The fourth-order valence-electron chi connectivity index (χ4n) is 1.79. The third kappa shape index (κ3) is 9.32. The van der Waals surface area contributed by atoms with Gasteiger partial charge in [-0.2, -0.15) is 0 Å². The molecule has 0 spiro atoms. The van der Waals surface area contributed by atoms with Crippen molar-refractivity contribution in [2.24, 2.45) is 5.41 Å². The van der Waals surface area contributed by atoms with Crippen LogP contribution in [0.4, 0.5) is 5.82 Å². The molecule has 0 aromatic carbocycles. The number of anilines is 1. The first-order chi connectivity index (χ1) is 12.0. The zero-order chi connectivity index (χ0) is 20.4. The van der Waals surface area contributed by atoms with Gasteiger partial charge in [-0.05, 0) is 58.4 Å². The summed E-state index contributed by atoms with van der Waals surface area (Å²) < 4.78 is 10.2. The largest absolute Gasteiger partial charge is 0.457 e. The number of aromatic nitrogens is 1. The van der Waals surface area contributed by atoms with Gasteiger partial charge in [0.1, 0.15) is 11.4 Å². The van der Waals surface area contributed by atoms with E-state index in [9.17, 15) is 9.59 Å². The van der Waals surface area contributed by atoms with Crippen molar-refractivity contribution in [1.29, 1.82) is 0 Å². The number of nitrogens with zero attached hydrogens (tertiary/aromatic N) is 1. The van der Waals surface area contributed by atoms with Crippen molar-refractivity contribution < 1.29 is 19.1 Å². The normalized spacial score (nSPS) is 11.5. The van der Waals surface area contributed by atoms with E-state index in [2.05, 4.69) is 10.3 Å². The molecule has 1 aromatic heterocycles. The summed E-state index contributed by atoms with van der Waals surface area (Å²) in [6.07, 6.45) is 4.53. The van der Waals surface area contributed by atoms with Gasteiger partial charge in [-0.25, -0.2) is 9.78 Å². The second-order valence-electron chi connectivity index (χ2n) is 7.11. The van der Waals surface area contributed by atoms with Crippen molar-refractivity contribution in [3.8, 4) is 0 Å². The first-order valence-electron chi connectivity index (χ1n) is 8.71. The highest BCUT2D eigenvalue weighted by Gasteiger charge is 2.27. The number of nitrogens with one attached hydrogen (secondary N) is 1. The molecular weight excluding hydrogens is 332 g/mol. The van der Waals surface area contributed by atoms with E-state index in [1.807, 2.05) is 34.6 Å². The first-order valence-corrected chi connectivity index (χ1v) is 8.71. The van der Waals surface area contributed by atoms with E-state index in [4.69, 9.17) is 9.47 Å². The molecule has 0 unspecified atom stereocenters. The Hall–Kier alpha value is -2.21. The van der Waals surface area contributed by atoms with Crippen molar-refractivity contribution in [2.75, 3.05) is 19.0 Å². The molecule has 0 atom stereocenters. The number of rotatable bonds is 6. The van der Waals surface area contributed by atoms with Gasteiger partial charge in [-0.1, -0.05) is 13.8 Å². The number of carbonyl (C=O) groups excluding carboxylic acids is 2. The summed E-state index contributed by atoms with van der Waals surface area (Å²) in [6, 6.07) is 3.43. The molecule has 0 saturated carbocycles. The van der Waals surface area contributed by atoms with Crippen LogP contribution in [-0.2, 0) is 19.1 Å². The van der Waals surface area contributed by atoms with Gasteiger partial charge in [0.15, 0.2) is 0 Å². The molecule has 0 aliphatic heterocycles. The van der Waals surface area contributed by atoms with Gasteiger partial charge in [-0.3, -0.25) is 4.79 Å². The number of carbonyl (C=O) groups is 2. The number of pyridine rings is 1. The molecule has 1 amide bonds. The topological polar surface area (TPSA) is 77.5 Å². The van der Waals surface area contributed by atoms with Gasteiger partial charge in [0, 0.05) is 19.4 Å². The minimum absolute atomic E-state index is 0.172. The number of amides is 1. The van der Waals surface area contributed by atoms with Gasteiger partial charge in [0.25, 0.3) is 0 Å². The molecule has 0 radical (unpaired) electrons. The molecule has 0 bridgehead atoms. The zero-order valence-corrected chi connectivity index (χ0v) is 17.2. The van der Waals surface area contributed by atoms with Crippen LogP contribution in [0.15, 0.2) is 24.4 Å². The lowest BCUT2D eigenvalue weighted by Gasteiger charge is -2.22. The van der Waals surface area contributed by atoms with Gasteiger partial charge >= 0.3 is 5.97 Å². The molecule has 6 heteroatoms. The summed E-state index contributed by atoms with van der Waals surface area (Å²) in [5.74, 6) is -0.145. The third-order valence-electron chi connectivity index (χ3n) is 2.97. The molecule has 0 fully saturated rings. The number of esters is 1. The predicted octanol–water partition coefficient (Wildman–Crippen LogP) is 4.07. The quantitative estimate of drug-likeness (QED) is 0.608. The summed E-state index contributed by atoms with van der Waals surface area (Å²) in [6.45, 7) is 13.3. The lowest BCUT2D eigenvalue weighted by molar-refractivity contribution is -0.148. The number of hydrogen-bond donors (Lipinski definition) is 1. The SMILES string of the molecule is CC.COCC(C)(C)C(=O)Nc1ccc(/C=C/C(=O)OC(C)(C)C)cn1. The van der Waals surface area contributed by atoms with Crippen LogP contribution in [0, 0.1) is 5.41 Å². The Labute approximate surface area is 157 Å². The van der Waals surface area contributed by atoms with Crippen LogP contribution < -0.4 is 5.32 Å². The Morgan fingerprint density at radius 2 is 1.77 bits per heavy atom. The van der Waals surface area contributed by atoms with E-state index in [0.29, 0.717) is 12.4 Å². The highest BCUT2D eigenvalue weighted by molar-refractivity contribution is 5.94. The summed E-state index contributed by atoms with van der Waals surface area (Å²) in [7, 11) is 1.55. The second kappa shape index (κ2) is 10.7. The van der Waals surface area contributed by atoms with Crippen molar-refractivity contribution in [1.82, 2.24) is 4.98 Å². The number of hydrogen-bond acceptors (Lipinski definition) is 5. The van der Waals surface area contributed by atoms with Crippen LogP contribution in [0.25, 0.3) is 6.08 Å². The maximum Gasteiger partial charge on any atom is 0.331 e. The van der Waals surface area contributed by atoms with E-state index in [0.717, 1.165) is 5.56 Å². The average molecular weight is 364 g/mol. The Bertz CT molecular complexity index is 599. The molecule has 1 aromatic rings. The Kier molecular flexibility index (Phi) is 9.80. The molecule has 26 heavy (non-hydrogen) atoms. The van der Waals surface area contributed by atoms with Crippen LogP contribution in [0.1, 0.15) is 54.0 Å². The second-order valence-corrected chi connectivity index (χ2v) is 7.11. The smallest absolute Gasteiger partial charge is 0.331 e. The lowest BCUT2D eigenvalue weighted by Crippen LogP contribution is -2.34. The summed E-state index contributed by atoms with van der Waals surface area (Å²) in [4.78, 5) is 27.9. The van der Waals surface area contributed by atoms with Crippen molar-refractivity contribution in [3.63, 3.8) is 0 Å². The minimum atomic E-state index is -0.647. The van der Waals surface area contributed by atoms with Crippen LogP contribution >= 0.6 is 0 Å². The first kappa shape index (κ1) is 23.8. The molecule has 6 nitrogen and oxygen atoms in total. The molecule has 1 N–H and O–H groups in total. The predicted molar refractivity (Wildman–Crippen MR) is 105 cm³/mol. The zero-order valence-electron chi connectivity index (χ0n) is 17.2. The van der Waals surface area contributed by atoms with Gasteiger partial charge in [0.05, 0.1) is 12.0 Å². The number of ether oxygens (including phenoxy) is 2. The van der Waals surface area contributed by atoms with E-state index < -0.39 is 17.0 Å². The highest BCUT2D eigenvalue weighted by atomic mass is 16.6. The Morgan fingerprint density at radius 1 is 1.15 bits per heavy atom. The van der Waals surface area contributed by atoms with Gasteiger partial charge < -0.3 is 14.8 Å². The van der Waals surface area contributed by atoms with Crippen molar-refractivity contribution in [3.05, 3.63) is 30.0 Å². The van der Waals surface area contributed by atoms with Crippen LogP contribution in [0.3, 0.4) is 0 Å². The molecule has 1 rings (SSSR count). The maximum atomic E-state index is 12.2. The summed E-state index contributed by atoms with van der Waals surface area (Å²) >= 11 is 0. The van der Waals surface area contributed by atoms with Crippen LogP contribution in [0.2, 0.25) is 0 Å². The van der Waals surface area contributed by atoms with E-state index in [1.54, 1.807) is 45.4 Å². The molecule has 0 saturated heterocycles. The molecule has 1 heterocycles. The third-order valence-corrected chi connectivity index (χ3v) is 2.97. The Morgan fingerprint density at radius 3 is 2.23 bits per heavy atom. The minimum Gasteiger partial charge on any atom is -0.457 e. The van der Waals surface area contributed by atoms with Gasteiger partial charge in [-0.15, -0.1) is 0 Å². The van der Waals surface area contributed by atoms with Crippen molar-refractivity contribution >= 4 is 23.8 Å². The number of methoxy groups -OCH3 is 1. The highest BCUT2D eigenvalue weighted by Crippen LogP contribution is 2.18.